The van der Waals surface area contributed by atoms with E-state index in [0.29, 0.717) is 23.1 Å². The van der Waals surface area contributed by atoms with E-state index in [4.69, 9.17) is 11.6 Å². The monoisotopic (exact) mass is 470 g/mol. The van der Waals surface area contributed by atoms with Gasteiger partial charge in [0.05, 0.1) is 22.0 Å². The highest BCUT2D eigenvalue weighted by Gasteiger charge is 2.31. The van der Waals surface area contributed by atoms with Crippen LogP contribution in [-0.2, 0) is 17.5 Å². The van der Waals surface area contributed by atoms with Crippen molar-refractivity contribution in [3.8, 4) is 11.4 Å². The Morgan fingerprint density at radius 3 is 2.55 bits per heavy atom. The Morgan fingerprint density at radius 1 is 1.19 bits per heavy atom. The Bertz CT molecular complexity index is 1100. The number of thioether (sulfide) groups is 1. The van der Waals surface area contributed by atoms with Gasteiger partial charge in [-0.1, -0.05) is 29.4 Å². The first-order chi connectivity index (χ1) is 14.7. The second-order valence-corrected chi connectivity index (χ2v) is 7.59. The predicted octanol–water partition coefficient (Wildman–Crippen LogP) is 5.67. The second-order valence-electron chi connectivity index (χ2n) is 6.24. The molecule has 5 nitrogen and oxygen atoms in total. The molecule has 1 amide bonds. The van der Waals surface area contributed by atoms with E-state index in [9.17, 15) is 22.4 Å². The molecule has 0 radical (unpaired) electrons. The minimum absolute atomic E-state index is 0.0141. The smallest absolute Gasteiger partial charge is 0.324 e. The number of hydrogen-bond acceptors (Lipinski definition) is 4. The predicted molar refractivity (Wildman–Crippen MR) is 111 cm³/mol. The maximum atomic E-state index is 13.2. The van der Waals surface area contributed by atoms with Gasteiger partial charge < -0.3 is 5.32 Å². The molecule has 0 saturated carbocycles. The molecule has 0 unspecified atom stereocenters. The molecule has 31 heavy (non-hydrogen) atoms. The number of rotatable bonds is 7. The van der Waals surface area contributed by atoms with Crippen molar-refractivity contribution in [1.82, 2.24) is 14.8 Å². The number of amides is 1. The number of hydrogen-bond donors (Lipinski definition) is 1. The fourth-order valence-corrected chi connectivity index (χ4v) is 3.53. The van der Waals surface area contributed by atoms with E-state index in [1.165, 1.54) is 12.1 Å². The first-order valence-electron chi connectivity index (χ1n) is 8.78. The number of carbonyl (C=O) groups excluding carboxylic acids is 1. The third-order valence-electron chi connectivity index (χ3n) is 4.03. The van der Waals surface area contributed by atoms with Crippen LogP contribution in [0.1, 0.15) is 5.56 Å². The van der Waals surface area contributed by atoms with Crippen molar-refractivity contribution in [1.29, 1.82) is 0 Å². The topological polar surface area (TPSA) is 59.8 Å². The summed E-state index contributed by atoms with van der Waals surface area (Å²) in [6, 6.07) is 8.37. The molecular formula is C20H15ClF4N4OS. The highest BCUT2D eigenvalue weighted by molar-refractivity contribution is 7.99. The van der Waals surface area contributed by atoms with Crippen LogP contribution in [-0.4, -0.2) is 26.4 Å². The van der Waals surface area contributed by atoms with Crippen molar-refractivity contribution < 1.29 is 22.4 Å². The lowest BCUT2D eigenvalue weighted by Crippen LogP contribution is -2.16. The molecule has 3 aromatic rings. The van der Waals surface area contributed by atoms with Crippen LogP contribution < -0.4 is 5.32 Å². The summed E-state index contributed by atoms with van der Waals surface area (Å²) in [6.07, 6.45) is -2.94. The summed E-state index contributed by atoms with van der Waals surface area (Å²) < 4.78 is 53.5. The number of nitrogens with zero attached hydrogens (tertiary/aromatic N) is 3. The summed E-state index contributed by atoms with van der Waals surface area (Å²) in [7, 11) is 0. The number of carbonyl (C=O) groups is 1. The van der Waals surface area contributed by atoms with Crippen LogP contribution >= 0.6 is 23.4 Å². The van der Waals surface area contributed by atoms with E-state index in [1.54, 1.807) is 22.8 Å². The first-order valence-corrected chi connectivity index (χ1v) is 10.1. The van der Waals surface area contributed by atoms with Gasteiger partial charge in [-0.3, -0.25) is 9.36 Å². The van der Waals surface area contributed by atoms with Crippen molar-refractivity contribution in [2.75, 3.05) is 11.1 Å². The van der Waals surface area contributed by atoms with Crippen LogP contribution in [0.3, 0.4) is 0 Å². The molecule has 11 heteroatoms. The summed E-state index contributed by atoms with van der Waals surface area (Å²) in [6.45, 7) is 4.02. The molecule has 0 aliphatic carbocycles. The van der Waals surface area contributed by atoms with Crippen LogP contribution in [0.5, 0.6) is 0 Å². The second kappa shape index (κ2) is 9.52. The maximum Gasteiger partial charge on any atom is 0.416 e. The minimum atomic E-state index is -4.56. The average molecular weight is 471 g/mol. The lowest BCUT2D eigenvalue weighted by Gasteiger charge is -2.12. The number of aromatic nitrogens is 3. The van der Waals surface area contributed by atoms with Gasteiger partial charge in [-0.05, 0) is 42.5 Å². The molecule has 0 saturated heterocycles. The third kappa shape index (κ3) is 5.65. The molecule has 1 N–H and O–H groups in total. The number of alkyl halides is 3. The number of benzene rings is 2. The fourth-order valence-electron chi connectivity index (χ4n) is 2.62. The number of halogens is 5. The van der Waals surface area contributed by atoms with Crippen LogP contribution in [0.15, 0.2) is 60.3 Å². The normalized spacial score (nSPS) is 11.4. The lowest BCUT2D eigenvalue weighted by molar-refractivity contribution is -0.137. The molecule has 0 fully saturated rings. The Labute approximate surface area is 184 Å². The Kier molecular flexibility index (Phi) is 7.01. The molecule has 0 aliphatic rings. The zero-order chi connectivity index (χ0) is 22.6. The summed E-state index contributed by atoms with van der Waals surface area (Å²) >= 11 is 6.94. The summed E-state index contributed by atoms with van der Waals surface area (Å²) in [5.74, 6) is -0.643. The molecule has 3 rings (SSSR count). The van der Waals surface area contributed by atoms with Gasteiger partial charge >= 0.3 is 6.18 Å². The molecular weight excluding hydrogens is 456 g/mol. The number of nitrogens with one attached hydrogen (secondary N) is 1. The minimum Gasteiger partial charge on any atom is -0.324 e. The van der Waals surface area contributed by atoms with E-state index in [0.717, 1.165) is 30.0 Å². The van der Waals surface area contributed by atoms with Gasteiger partial charge in [0.15, 0.2) is 11.0 Å². The molecule has 0 atom stereocenters. The highest BCUT2D eigenvalue weighted by atomic mass is 35.5. The van der Waals surface area contributed by atoms with Crippen molar-refractivity contribution in [3.63, 3.8) is 0 Å². The van der Waals surface area contributed by atoms with E-state index < -0.39 is 23.5 Å². The first kappa shape index (κ1) is 22.8. The summed E-state index contributed by atoms with van der Waals surface area (Å²) in [4.78, 5) is 12.3. The maximum absolute atomic E-state index is 13.2. The average Bonchev–Trinajstić information content (AvgIpc) is 3.11. The molecule has 0 bridgehead atoms. The van der Waals surface area contributed by atoms with Gasteiger partial charge in [-0.25, -0.2) is 4.39 Å². The van der Waals surface area contributed by atoms with Crippen molar-refractivity contribution >= 4 is 35.0 Å². The zero-order valence-corrected chi connectivity index (χ0v) is 17.4. The molecule has 0 spiro atoms. The number of allylic oxidation sites excluding steroid dienone is 1. The molecule has 1 aromatic heterocycles. The highest BCUT2D eigenvalue weighted by Crippen LogP contribution is 2.34. The SMILES string of the molecule is C=CCn1c(SCC(=O)Nc2cc(C(F)(F)F)ccc2Cl)nnc1-c1ccc(F)cc1. The molecule has 2 aromatic carbocycles. The van der Waals surface area contributed by atoms with Crippen molar-refractivity contribution in [2.45, 2.75) is 17.9 Å². The molecule has 0 aliphatic heterocycles. The van der Waals surface area contributed by atoms with Crippen LogP contribution in [0, 0.1) is 5.82 Å². The van der Waals surface area contributed by atoms with Gasteiger partial charge in [0.1, 0.15) is 5.82 Å². The van der Waals surface area contributed by atoms with Gasteiger partial charge in [0.25, 0.3) is 0 Å². The lowest BCUT2D eigenvalue weighted by atomic mass is 10.2. The molecule has 162 valence electrons. The van der Waals surface area contributed by atoms with E-state index in [2.05, 4.69) is 22.1 Å². The standard InChI is InChI=1S/C20H15ClF4N4OS/c1-2-9-29-18(12-3-6-14(22)7-4-12)27-28-19(29)31-11-17(30)26-16-10-13(20(23,24)25)5-8-15(16)21/h2-8,10H,1,9,11H2,(H,26,30). The largest absolute Gasteiger partial charge is 0.416 e. The summed E-state index contributed by atoms with van der Waals surface area (Å²) in [5.41, 5.74) is -0.432. The van der Waals surface area contributed by atoms with Crippen molar-refractivity contribution in [3.05, 3.63) is 71.5 Å². The Hall–Kier alpha value is -2.85. The van der Waals surface area contributed by atoms with Gasteiger partial charge in [0.2, 0.25) is 5.91 Å². The third-order valence-corrected chi connectivity index (χ3v) is 5.33. The Morgan fingerprint density at radius 2 is 1.90 bits per heavy atom. The van der Waals surface area contributed by atoms with Crippen molar-refractivity contribution in [2.24, 2.45) is 0 Å². The van der Waals surface area contributed by atoms with Crippen LogP contribution in [0.4, 0.5) is 23.2 Å². The fraction of sp³-hybridized carbons (Fsp3) is 0.150. The van der Waals surface area contributed by atoms with Crippen LogP contribution in [0.2, 0.25) is 5.02 Å². The van der Waals surface area contributed by atoms with Gasteiger partial charge in [0, 0.05) is 12.1 Å². The van der Waals surface area contributed by atoms with Gasteiger partial charge in [-0.2, -0.15) is 13.2 Å². The Balaban J connectivity index is 1.73. The van der Waals surface area contributed by atoms with E-state index >= 15 is 0 Å². The van der Waals surface area contributed by atoms with Gasteiger partial charge in [-0.15, -0.1) is 16.8 Å². The zero-order valence-electron chi connectivity index (χ0n) is 15.8. The quantitative estimate of drug-likeness (QED) is 0.274. The van der Waals surface area contributed by atoms with E-state index in [1.807, 2.05) is 0 Å². The van der Waals surface area contributed by atoms with E-state index in [-0.39, 0.29) is 16.5 Å². The number of anilines is 1. The summed E-state index contributed by atoms with van der Waals surface area (Å²) in [5, 5.41) is 10.9. The molecule has 1 heterocycles. The van der Waals surface area contributed by atoms with Crippen LogP contribution in [0.25, 0.3) is 11.4 Å².